The van der Waals surface area contributed by atoms with Crippen molar-refractivity contribution in [1.82, 2.24) is 10.6 Å². The molecular formula is C32H33Cl3N2O10. The predicted octanol–water partition coefficient (Wildman–Crippen LogP) is 4.70. The molecule has 0 aliphatic rings. The largest absolute Gasteiger partial charge is 0.508 e. The molecule has 47 heavy (non-hydrogen) atoms. The number of rotatable bonds is 17. The Kier molecular flexibility index (Phi) is 16.3. The number of carbonyl (C=O) groups excluding carboxylic acids is 5. The van der Waals surface area contributed by atoms with Gasteiger partial charge in [-0.2, -0.15) is 0 Å². The van der Waals surface area contributed by atoms with Crippen LogP contribution in [0, 0.1) is 0 Å². The van der Waals surface area contributed by atoms with Gasteiger partial charge in [0.15, 0.2) is 33.6 Å². The van der Waals surface area contributed by atoms with Gasteiger partial charge in [0.1, 0.15) is 11.1 Å². The molecule has 0 saturated carbocycles. The van der Waals surface area contributed by atoms with E-state index in [9.17, 15) is 29.1 Å². The maximum absolute atomic E-state index is 12.4. The number of halogens is 3. The lowest BCUT2D eigenvalue weighted by atomic mass is 10.1. The van der Waals surface area contributed by atoms with Crippen LogP contribution in [0.15, 0.2) is 60.4 Å². The van der Waals surface area contributed by atoms with Crippen LogP contribution in [0.3, 0.4) is 0 Å². The van der Waals surface area contributed by atoms with E-state index in [1.807, 2.05) is 0 Å². The fourth-order valence-electron chi connectivity index (χ4n) is 3.49. The van der Waals surface area contributed by atoms with Gasteiger partial charge < -0.3 is 34.7 Å². The predicted molar refractivity (Wildman–Crippen MR) is 177 cm³/mol. The standard InChI is InChI=1S/C32H33Cl3N2O10/c1-19(33)31(42)36-14-12-28(40)46-24-10-6-20(16-26(24)44-2)4-8-22(38)18-23(39)9-5-21-7-11-25(27(17-21)45-3)47-29(41)13-15-37-32(43)30(34)35/h4-11,16-19,30,38H,12-15H2,1-3H3,(H,36,42)(H,37,43)/b8-4+,9-5+,22-18?. The molecule has 0 fully saturated rings. The number of aliphatic hydroxyl groups excluding tert-OH is 1. The summed E-state index contributed by atoms with van der Waals surface area (Å²) < 4.78 is 21.1. The summed E-state index contributed by atoms with van der Waals surface area (Å²) in [4.78, 5) is 58.2. The van der Waals surface area contributed by atoms with Gasteiger partial charge in [0.05, 0.1) is 27.1 Å². The molecule has 0 spiro atoms. The molecule has 2 aromatic carbocycles. The molecule has 2 amide bonds. The molecule has 0 saturated heterocycles. The molecule has 0 aromatic heterocycles. The highest BCUT2D eigenvalue weighted by Gasteiger charge is 2.15. The Morgan fingerprint density at radius 1 is 0.745 bits per heavy atom. The van der Waals surface area contributed by atoms with Crippen LogP contribution in [-0.4, -0.2) is 72.2 Å². The summed E-state index contributed by atoms with van der Waals surface area (Å²) >= 11 is 16.5. The first-order valence-corrected chi connectivity index (χ1v) is 15.2. The van der Waals surface area contributed by atoms with Crippen molar-refractivity contribution in [3.63, 3.8) is 0 Å². The van der Waals surface area contributed by atoms with Gasteiger partial charge in [-0.25, -0.2) is 0 Å². The zero-order valence-corrected chi connectivity index (χ0v) is 27.9. The Balaban J connectivity index is 1.96. The van der Waals surface area contributed by atoms with Crippen molar-refractivity contribution in [3.8, 4) is 23.0 Å². The number of carbonyl (C=O) groups is 5. The molecule has 15 heteroatoms. The molecule has 2 aromatic rings. The van der Waals surface area contributed by atoms with Gasteiger partial charge in [-0.15, -0.1) is 11.6 Å². The monoisotopic (exact) mass is 710 g/mol. The SMILES string of the molecule is COc1cc(/C=C/C(O)=CC(=O)/C=C/c2ccc(OC(=O)CCNC(=O)C(Cl)Cl)c(OC)c2)ccc1OC(=O)CCNC(=O)C(C)Cl. The lowest BCUT2D eigenvalue weighted by molar-refractivity contribution is -0.135. The van der Waals surface area contributed by atoms with Gasteiger partial charge >= 0.3 is 11.9 Å². The van der Waals surface area contributed by atoms with Crippen molar-refractivity contribution in [2.45, 2.75) is 30.0 Å². The molecule has 0 aliphatic carbocycles. The van der Waals surface area contributed by atoms with Gasteiger partial charge in [-0.3, -0.25) is 24.0 Å². The van der Waals surface area contributed by atoms with Crippen molar-refractivity contribution in [2.75, 3.05) is 27.3 Å². The average molecular weight is 712 g/mol. The number of benzene rings is 2. The van der Waals surface area contributed by atoms with Crippen LogP contribution in [0.25, 0.3) is 12.2 Å². The number of nitrogens with one attached hydrogen (secondary N) is 2. The van der Waals surface area contributed by atoms with Crippen LogP contribution in [0.5, 0.6) is 23.0 Å². The number of esters is 2. The van der Waals surface area contributed by atoms with E-state index >= 15 is 0 Å². The summed E-state index contributed by atoms with van der Waals surface area (Å²) in [5.41, 5.74) is 1.12. The van der Waals surface area contributed by atoms with E-state index in [1.54, 1.807) is 18.2 Å². The Hall–Kier alpha value is -4.52. The molecule has 0 aliphatic heterocycles. The summed E-state index contributed by atoms with van der Waals surface area (Å²) in [6.45, 7) is 1.55. The average Bonchev–Trinajstić information content (AvgIpc) is 3.03. The van der Waals surface area contributed by atoms with Crippen molar-refractivity contribution in [1.29, 1.82) is 0 Å². The molecule has 1 atom stereocenters. The van der Waals surface area contributed by atoms with Crippen LogP contribution >= 0.6 is 34.8 Å². The van der Waals surface area contributed by atoms with E-state index < -0.39 is 39.7 Å². The third kappa shape index (κ3) is 14.2. The van der Waals surface area contributed by atoms with E-state index in [-0.39, 0.29) is 54.7 Å². The lowest BCUT2D eigenvalue weighted by Crippen LogP contribution is -2.32. The first-order chi connectivity index (χ1) is 22.3. The Morgan fingerprint density at radius 2 is 1.21 bits per heavy atom. The summed E-state index contributed by atoms with van der Waals surface area (Å²) in [7, 11) is 2.77. The molecule has 0 radical (unpaired) electrons. The van der Waals surface area contributed by atoms with E-state index in [1.165, 1.54) is 63.6 Å². The second kappa shape index (κ2) is 19.9. The van der Waals surface area contributed by atoms with Crippen molar-refractivity contribution in [3.05, 3.63) is 71.5 Å². The normalized spacial score (nSPS) is 12.1. The molecular weight excluding hydrogens is 679 g/mol. The van der Waals surface area contributed by atoms with E-state index in [0.717, 1.165) is 6.08 Å². The zero-order valence-electron chi connectivity index (χ0n) is 25.6. The van der Waals surface area contributed by atoms with Crippen molar-refractivity contribution in [2.24, 2.45) is 0 Å². The second-order valence-electron chi connectivity index (χ2n) is 9.41. The van der Waals surface area contributed by atoms with Gasteiger partial charge in [0.2, 0.25) is 5.91 Å². The van der Waals surface area contributed by atoms with Gasteiger partial charge in [-0.05, 0) is 54.5 Å². The maximum atomic E-state index is 12.4. The van der Waals surface area contributed by atoms with E-state index in [4.69, 9.17) is 53.8 Å². The van der Waals surface area contributed by atoms with Gasteiger partial charge in [0.25, 0.3) is 5.91 Å². The Labute approximate surface area is 286 Å². The minimum absolute atomic E-state index is 0.0221. The zero-order chi connectivity index (χ0) is 34.9. The smallest absolute Gasteiger partial charge is 0.313 e. The summed E-state index contributed by atoms with van der Waals surface area (Å²) in [5, 5.41) is 14.4. The Morgan fingerprint density at radius 3 is 1.66 bits per heavy atom. The fourth-order valence-corrected chi connectivity index (χ4v) is 3.72. The number of hydrogen-bond donors (Lipinski definition) is 3. The van der Waals surface area contributed by atoms with Crippen LogP contribution in [0.4, 0.5) is 0 Å². The topological polar surface area (TPSA) is 167 Å². The van der Waals surface area contributed by atoms with E-state index in [2.05, 4.69) is 10.6 Å². The van der Waals surface area contributed by atoms with Crippen molar-refractivity contribution < 1.29 is 48.0 Å². The molecule has 2 rings (SSSR count). The molecule has 0 heterocycles. The molecule has 12 nitrogen and oxygen atoms in total. The highest BCUT2D eigenvalue weighted by Crippen LogP contribution is 2.30. The van der Waals surface area contributed by atoms with Gasteiger partial charge in [-0.1, -0.05) is 47.5 Å². The lowest BCUT2D eigenvalue weighted by Gasteiger charge is -2.10. The van der Waals surface area contributed by atoms with E-state index in [0.29, 0.717) is 11.1 Å². The number of alkyl halides is 3. The van der Waals surface area contributed by atoms with Crippen LogP contribution in [-0.2, 0) is 24.0 Å². The Bertz CT molecular complexity index is 1540. The summed E-state index contributed by atoms with van der Waals surface area (Å²) in [6, 6.07) is 9.28. The van der Waals surface area contributed by atoms with Crippen LogP contribution in [0.1, 0.15) is 30.9 Å². The fraction of sp³-hybridized carbons (Fsp3) is 0.281. The van der Waals surface area contributed by atoms with Crippen LogP contribution in [0.2, 0.25) is 0 Å². The highest BCUT2D eigenvalue weighted by atomic mass is 35.5. The second-order valence-corrected chi connectivity index (χ2v) is 11.2. The highest BCUT2D eigenvalue weighted by molar-refractivity contribution is 6.53. The minimum atomic E-state index is -1.25. The summed E-state index contributed by atoms with van der Waals surface area (Å²) in [5.74, 6) is -2.33. The first-order valence-electron chi connectivity index (χ1n) is 13.9. The molecule has 3 N–H and O–H groups in total. The third-order valence-corrected chi connectivity index (χ3v) is 6.41. The number of hydrogen-bond acceptors (Lipinski definition) is 10. The quantitative estimate of drug-likeness (QED) is 0.0523. The number of aliphatic hydroxyl groups is 1. The maximum Gasteiger partial charge on any atom is 0.313 e. The number of amides is 2. The number of ether oxygens (including phenoxy) is 4. The van der Waals surface area contributed by atoms with Crippen molar-refractivity contribution >= 4 is 76.5 Å². The van der Waals surface area contributed by atoms with Crippen LogP contribution < -0.4 is 29.6 Å². The summed E-state index contributed by atoms with van der Waals surface area (Å²) in [6.07, 6.45) is 6.31. The number of allylic oxidation sites excluding steroid dienone is 3. The van der Waals surface area contributed by atoms with Gasteiger partial charge in [0, 0.05) is 19.2 Å². The first kappa shape index (κ1) is 38.7. The molecule has 0 bridgehead atoms. The minimum Gasteiger partial charge on any atom is -0.508 e. The number of methoxy groups -OCH3 is 2. The molecule has 252 valence electrons. The number of ketones is 1. The third-order valence-electron chi connectivity index (χ3n) is 5.82. The molecule has 1 unspecified atom stereocenters.